The van der Waals surface area contributed by atoms with Crippen molar-refractivity contribution in [3.05, 3.63) is 99.5 Å². The average molecular weight is 459 g/mol. The second kappa shape index (κ2) is 11.6. The van der Waals surface area contributed by atoms with E-state index in [0.717, 1.165) is 22.4 Å². The Morgan fingerprint density at radius 1 is 1.03 bits per heavy atom. The van der Waals surface area contributed by atoms with E-state index in [2.05, 4.69) is 10.5 Å². The second-order valence-electron chi connectivity index (χ2n) is 6.37. The average Bonchev–Trinajstić information content (AvgIpc) is 2.74. The molecule has 0 aromatic heterocycles. The van der Waals surface area contributed by atoms with Gasteiger partial charge < -0.3 is 4.74 Å². The Morgan fingerprint density at radius 3 is 2.60 bits per heavy atom. The van der Waals surface area contributed by atoms with Gasteiger partial charge in [-0.1, -0.05) is 53.5 Å². The standard InChI is InChI=1S/C23H20Cl2N2O2S/c24-20-6-3-4-18(12-20)15-30-16-23(28)27-26-13-17-8-10-21(11-9-17)29-14-19-5-1-2-7-22(19)25/h1-13H,14-16H2,(H,27,28)/b26-13+. The first-order valence-corrected chi connectivity index (χ1v) is 11.1. The molecule has 7 heteroatoms. The zero-order valence-corrected chi connectivity index (χ0v) is 18.4. The summed E-state index contributed by atoms with van der Waals surface area (Å²) in [6, 6.07) is 22.6. The molecule has 4 nitrogen and oxygen atoms in total. The molecule has 3 aromatic carbocycles. The molecule has 154 valence electrons. The van der Waals surface area contributed by atoms with Crippen LogP contribution in [-0.2, 0) is 17.2 Å². The van der Waals surface area contributed by atoms with Crippen molar-refractivity contribution in [3.8, 4) is 5.75 Å². The zero-order valence-electron chi connectivity index (χ0n) is 16.1. The second-order valence-corrected chi connectivity index (χ2v) is 8.19. The van der Waals surface area contributed by atoms with E-state index in [-0.39, 0.29) is 5.91 Å². The van der Waals surface area contributed by atoms with E-state index in [1.54, 1.807) is 6.21 Å². The highest BCUT2D eigenvalue weighted by molar-refractivity contribution is 7.99. The first-order valence-electron chi connectivity index (χ1n) is 9.20. The predicted molar refractivity (Wildman–Crippen MR) is 126 cm³/mol. The van der Waals surface area contributed by atoms with Crippen LogP contribution in [0, 0.1) is 0 Å². The van der Waals surface area contributed by atoms with E-state index in [9.17, 15) is 4.79 Å². The summed E-state index contributed by atoms with van der Waals surface area (Å²) in [4.78, 5) is 11.9. The first kappa shape index (κ1) is 22.2. The lowest BCUT2D eigenvalue weighted by Gasteiger charge is -2.07. The summed E-state index contributed by atoms with van der Waals surface area (Å²) < 4.78 is 5.75. The molecule has 0 unspecified atom stereocenters. The lowest BCUT2D eigenvalue weighted by Crippen LogP contribution is -2.19. The zero-order chi connectivity index (χ0) is 21.2. The normalized spacial score (nSPS) is 10.9. The molecule has 0 aliphatic rings. The van der Waals surface area contributed by atoms with Crippen molar-refractivity contribution in [3.63, 3.8) is 0 Å². The fourth-order valence-electron chi connectivity index (χ4n) is 2.53. The largest absolute Gasteiger partial charge is 0.489 e. The highest BCUT2D eigenvalue weighted by atomic mass is 35.5. The van der Waals surface area contributed by atoms with E-state index in [4.69, 9.17) is 27.9 Å². The third-order valence-corrected chi connectivity index (χ3v) is 5.63. The molecule has 0 saturated heterocycles. The first-order chi connectivity index (χ1) is 14.6. The molecule has 0 heterocycles. The maximum Gasteiger partial charge on any atom is 0.250 e. The molecular formula is C23H20Cl2N2O2S. The summed E-state index contributed by atoms with van der Waals surface area (Å²) >= 11 is 13.6. The van der Waals surface area contributed by atoms with Crippen LogP contribution in [-0.4, -0.2) is 17.9 Å². The minimum absolute atomic E-state index is 0.155. The molecule has 1 amide bonds. The number of benzene rings is 3. The van der Waals surface area contributed by atoms with Gasteiger partial charge in [0.2, 0.25) is 5.91 Å². The number of halogens is 2. The van der Waals surface area contributed by atoms with Crippen LogP contribution in [0.4, 0.5) is 0 Å². The van der Waals surface area contributed by atoms with Crippen LogP contribution in [0.1, 0.15) is 16.7 Å². The Labute approximate surface area is 190 Å². The molecule has 0 bridgehead atoms. The number of nitrogens with one attached hydrogen (secondary N) is 1. The summed E-state index contributed by atoms with van der Waals surface area (Å²) in [5.74, 6) is 1.61. The van der Waals surface area contributed by atoms with Crippen molar-refractivity contribution in [1.29, 1.82) is 0 Å². The number of carbonyl (C=O) groups is 1. The third-order valence-electron chi connectivity index (χ3n) is 4.03. The van der Waals surface area contributed by atoms with Gasteiger partial charge >= 0.3 is 0 Å². The Kier molecular flexibility index (Phi) is 8.63. The monoisotopic (exact) mass is 458 g/mol. The Bertz CT molecular complexity index is 1010. The molecule has 1 N–H and O–H groups in total. The predicted octanol–water partition coefficient (Wildman–Crippen LogP) is 5.96. The Morgan fingerprint density at radius 2 is 1.83 bits per heavy atom. The van der Waals surface area contributed by atoms with Gasteiger partial charge in [-0.25, -0.2) is 5.43 Å². The van der Waals surface area contributed by atoms with Gasteiger partial charge in [-0.2, -0.15) is 5.10 Å². The van der Waals surface area contributed by atoms with Gasteiger partial charge in [0.05, 0.1) is 12.0 Å². The minimum Gasteiger partial charge on any atom is -0.489 e. The van der Waals surface area contributed by atoms with Crippen molar-refractivity contribution in [2.45, 2.75) is 12.4 Å². The van der Waals surface area contributed by atoms with Crippen molar-refractivity contribution >= 4 is 47.1 Å². The molecule has 0 saturated carbocycles. The van der Waals surface area contributed by atoms with E-state index in [1.807, 2.05) is 72.8 Å². The van der Waals surface area contributed by atoms with Crippen LogP contribution in [0.15, 0.2) is 77.9 Å². The highest BCUT2D eigenvalue weighted by Gasteiger charge is 2.02. The van der Waals surface area contributed by atoms with Crippen molar-refractivity contribution in [1.82, 2.24) is 5.43 Å². The van der Waals surface area contributed by atoms with E-state index in [1.165, 1.54) is 11.8 Å². The van der Waals surface area contributed by atoms with Gasteiger partial charge in [0.25, 0.3) is 0 Å². The van der Waals surface area contributed by atoms with E-state index in [0.29, 0.717) is 28.2 Å². The summed E-state index contributed by atoms with van der Waals surface area (Å²) in [7, 11) is 0. The van der Waals surface area contributed by atoms with Crippen molar-refractivity contribution < 1.29 is 9.53 Å². The smallest absolute Gasteiger partial charge is 0.250 e. The number of nitrogens with zero attached hydrogens (tertiary/aromatic N) is 1. The Balaban J connectivity index is 1.39. The number of hydrogen-bond acceptors (Lipinski definition) is 4. The highest BCUT2D eigenvalue weighted by Crippen LogP contribution is 2.19. The number of hydrazone groups is 1. The lowest BCUT2D eigenvalue weighted by atomic mass is 10.2. The molecule has 0 radical (unpaired) electrons. The lowest BCUT2D eigenvalue weighted by molar-refractivity contribution is -0.118. The summed E-state index contributed by atoms with van der Waals surface area (Å²) in [6.45, 7) is 0.399. The molecule has 0 aliphatic carbocycles. The molecule has 0 spiro atoms. The fourth-order valence-corrected chi connectivity index (χ4v) is 3.70. The van der Waals surface area contributed by atoms with E-state index >= 15 is 0 Å². The number of amides is 1. The van der Waals surface area contributed by atoms with Gasteiger partial charge in [0.15, 0.2) is 0 Å². The maximum atomic E-state index is 11.9. The van der Waals surface area contributed by atoms with Crippen LogP contribution >= 0.6 is 35.0 Å². The van der Waals surface area contributed by atoms with Crippen LogP contribution < -0.4 is 10.2 Å². The minimum atomic E-state index is -0.155. The van der Waals surface area contributed by atoms with Gasteiger partial charge in [-0.3, -0.25) is 4.79 Å². The van der Waals surface area contributed by atoms with Crippen LogP contribution in [0.3, 0.4) is 0 Å². The SMILES string of the molecule is O=C(CSCc1cccc(Cl)c1)N/N=C/c1ccc(OCc2ccccc2Cl)cc1. The van der Waals surface area contributed by atoms with Crippen LogP contribution in [0.25, 0.3) is 0 Å². The molecule has 0 fully saturated rings. The van der Waals surface area contributed by atoms with Crippen molar-refractivity contribution in [2.75, 3.05) is 5.75 Å². The molecule has 3 rings (SSSR count). The summed E-state index contributed by atoms with van der Waals surface area (Å²) in [5.41, 5.74) is 5.40. The fraction of sp³-hybridized carbons (Fsp3) is 0.130. The van der Waals surface area contributed by atoms with Crippen LogP contribution in [0.5, 0.6) is 5.75 Å². The number of rotatable bonds is 9. The van der Waals surface area contributed by atoms with Gasteiger partial charge in [0, 0.05) is 21.4 Å². The number of thioether (sulfide) groups is 1. The van der Waals surface area contributed by atoms with Crippen molar-refractivity contribution in [2.24, 2.45) is 5.10 Å². The molecule has 0 aliphatic heterocycles. The third kappa shape index (κ3) is 7.41. The topological polar surface area (TPSA) is 50.7 Å². The number of ether oxygens (including phenoxy) is 1. The Hall–Kier alpha value is -2.47. The quantitative estimate of drug-likeness (QED) is 0.318. The number of carbonyl (C=O) groups excluding carboxylic acids is 1. The molecular weight excluding hydrogens is 439 g/mol. The molecule has 3 aromatic rings. The van der Waals surface area contributed by atoms with Gasteiger partial charge in [-0.15, -0.1) is 11.8 Å². The van der Waals surface area contributed by atoms with Gasteiger partial charge in [0.1, 0.15) is 12.4 Å². The van der Waals surface area contributed by atoms with Gasteiger partial charge in [-0.05, 0) is 53.6 Å². The van der Waals surface area contributed by atoms with E-state index < -0.39 is 0 Å². The van der Waals surface area contributed by atoms with Crippen LogP contribution in [0.2, 0.25) is 10.0 Å². The summed E-state index contributed by atoms with van der Waals surface area (Å²) in [6.07, 6.45) is 1.59. The number of hydrogen-bond donors (Lipinski definition) is 1. The molecule has 30 heavy (non-hydrogen) atoms. The maximum absolute atomic E-state index is 11.9. The summed E-state index contributed by atoms with van der Waals surface area (Å²) in [5, 5.41) is 5.38. The molecule has 0 atom stereocenters.